The first kappa shape index (κ1) is 20.8. The Hall–Kier alpha value is -2.49. The number of amides is 1. The van der Waals surface area contributed by atoms with Crippen molar-refractivity contribution in [2.45, 2.75) is 53.1 Å². The zero-order valence-corrected chi connectivity index (χ0v) is 16.9. The maximum atomic E-state index is 12.3. The van der Waals surface area contributed by atoms with E-state index in [4.69, 9.17) is 9.47 Å². The summed E-state index contributed by atoms with van der Waals surface area (Å²) in [5.74, 6) is 1.60. The monoisotopic (exact) mass is 369 g/mol. The van der Waals surface area contributed by atoms with Crippen LogP contribution < -0.4 is 14.8 Å². The molecule has 0 spiro atoms. The molecule has 146 valence electrons. The van der Waals surface area contributed by atoms with Crippen molar-refractivity contribution in [3.63, 3.8) is 0 Å². The molecule has 0 saturated heterocycles. The zero-order valence-electron chi connectivity index (χ0n) is 16.9. The van der Waals surface area contributed by atoms with Crippen LogP contribution in [-0.4, -0.2) is 25.2 Å². The van der Waals surface area contributed by atoms with Crippen LogP contribution in [0.25, 0.3) is 0 Å². The highest BCUT2D eigenvalue weighted by molar-refractivity contribution is 5.80. The van der Waals surface area contributed by atoms with E-state index >= 15 is 0 Å². The van der Waals surface area contributed by atoms with E-state index in [9.17, 15) is 4.79 Å². The van der Waals surface area contributed by atoms with E-state index in [-0.39, 0.29) is 5.91 Å². The largest absolute Gasteiger partial charge is 0.493 e. The number of para-hydroxylation sites is 1. The average molecular weight is 370 g/mol. The van der Waals surface area contributed by atoms with Gasteiger partial charge in [-0.05, 0) is 63.3 Å². The molecule has 4 heteroatoms. The van der Waals surface area contributed by atoms with Gasteiger partial charge in [0.2, 0.25) is 0 Å². The molecule has 1 atom stereocenters. The van der Waals surface area contributed by atoms with Gasteiger partial charge in [0.25, 0.3) is 5.91 Å². The molecule has 2 aromatic carbocycles. The number of rotatable bonds is 10. The van der Waals surface area contributed by atoms with Crippen LogP contribution >= 0.6 is 0 Å². The van der Waals surface area contributed by atoms with Gasteiger partial charge in [0, 0.05) is 6.54 Å². The van der Waals surface area contributed by atoms with Crippen LogP contribution in [0.3, 0.4) is 0 Å². The van der Waals surface area contributed by atoms with Crippen molar-refractivity contribution in [1.82, 2.24) is 5.32 Å². The molecule has 0 saturated carbocycles. The summed E-state index contributed by atoms with van der Waals surface area (Å²) in [7, 11) is 0. The molecule has 2 aromatic rings. The Kier molecular flexibility index (Phi) is 8.18. The van der Waals surface area contributed by atoms with Crippen LogP contribution in [0.4, 0.5) is 0 Å². The molecular weight excluding hydrogens is 338 g/mol. The van der Waals surface area contributed by atoms with Crippen LogP contribution in [0, 0.1) is 13.8 Å². The number of carbonyl (C=O) groups is 1. The maximum absolute atomic E-state index is 12.3. The Morgan fingerprint density at radius 1 is 1.11 bits per heavy atom. The third-order valence-corrected chi connectivity index (χ3v) is 4.36. The van der Waals surface area contributed by atoms with Crippen LogP contribution in [0.5, 0.6) is 11.5 Å². The van der Waals surface area contributed by atoms with Gasteiger partial charge in [-0.2, -0.15) is 0 Å². The van der Waals surface area contributed by atoms with Crippen molar-refractivity contribution in [3.05, 3.63) is 59.2 Å². The molecule has 0 bridgehead atoms. The minimum absolute atomic E-state index is 0.0921. The molecular formula is C23H31NO3. The van der Waals surface area contributed by atoms with E-state index in [1.807, 2.05) is 44.2 Å². The van der Waals surface area contributed by atoms with Gasteiger partial charge in [-0.1, -0.05) is 42.8 Å². The van der Waals surface area contributed by atoms with Crippen molar-refractivity contribution in [2.24, 2.45) is 0 Å². The number of nitrogens with one attached hydrogen (secondary N) is 1. The topological polar surface area (TPSA) is 47.6 Å². The molecule has 1 amide bonds. The molecule has 4 nitrogen and oxygen atoms in total. The summed E-state index contributed by atoms with van der Waals surface area (Å²) in [6.07, 6.45) is 2.19. The Labute approximate surface area is 162 Å². The van der Waals surface area contributed by atoms with Gasteiger partial charge in [0.1, 0.15) is 11.5 Å². The second-order valence-electron chi connectivity index (χ2n) is 6.88. The van der Waals surface area contributed by atoms with Gasteiger partial charge in [0.15, 0.2) is 6.10 Å². The third kappa shape index (κ3) is 6.63. The standard InChI is InChI=1S/C23H31NO3/c1-5-15-26-22-11-7-6-9-20(22)10-8-14-24-23(25)19(4)27-21-13-12-17(2)16-18(21)3/h6-7,9,11-13,16,19H,5,8,10,14-15H2,1-4H3,(H,24,25). The van der Waals surface area contributed by atoms with E-state index in [2.05, 4.69) is 24.4 Å². The molecule has 0 aromatic heterocycles. The van der Waals surface area contributed by atoms with Gasteiger partial charge in [-0.25, -0.2) is 0 Å². The highest BCUT2D eigenvalue weighted by Gasteiger charge is 2.15. The molecule has 27 heavy (non-hydrogen) atoms. The number of benzene rings is 2. The van der Waals surface area contributed by atoms with Gasteiger partial charge in [0.05, 0.1) is 6.61 Å². The summed E-state index contributed by atoms with van der Waals surface area (Å²) in [6.45, 7) is 9.24. The van der Waals surface area contributed by atoms with Crippen molar-refractivity contribution >= 4 is 5.91 Å². The minimum Gasteiger partial charge on any atom is -0.493 e. The lowest BCUT2D eigenvalue weighted by molar-refractivity contribution is -0.127. The number of ether oxygens (including phenoxy) is 2. The summed E-state index contributed by atoms with van der Waals surface area (Å²) in [5, 5.41) is 2.96. The fraction of sp³-hybridized carbons (Fsp3) is 0.435. The fourth-order valence-corrected chi connectivity index (χ4v) is 2.87. The van der Waals surface area contributed by atoms with Gasteiger partial charge >= 0.3 is 0 Å². The van der Waals surface area contributed by atoms with Crippen molar-refractivity contribution in [2.75, 3.05) is 13.2 Å². The lowest BCUT2D eigenvalue weighted by Gasteiger charge is -2.17. The second-order valence-corrected chi connectivity index (χ2v) is 6.88. The quantitative estimate of drug-likeness (QED) is 0.622. The van der Waals surface area contributed by atoms with Crippen molar-refractivity contribution in [3.8, 4) is 11.5 Å². The summed E-state index contributed by atoms with van der Waals surface area (Å²) in [5.41, 5.74) is 3.40. The van der Waals surface area contributed by atoms with Crippen molar-refractivity contribution < 1.29 is 14.3 Å². The molecule has 0 aliphatic carbocycles. The summed E-state index contributed by atoms with van der Waals surface area (Å²) in [4.78, 5) is 12.3. The van der Waals surface area contributed by atoms with Crippen molar-refractivity contribution in [1.29, 1.82) is 0 Å². The van der Waals surface area contributed by atoms with E-state index in [1.165, 1.54) is 11.1 Å². The first-order valence-electron chi connectivity index (χ1n) is 9.73. The first-order valence-corrected chi connectivity index (χ1v) is 9.73. The highest BCUT2D eigenvalue weighted by atomic mass is 16.5. The Morgan fingerprint density at radius 2 is 1.89 bits per heavy atom. The molecule has 0 aliphatic rings. The molecule has 0 heterocycles. The lowest BCUT2D eigenvalue weighted by Crippen LogP contribution is -2.37. The number of hydrogen-bond acceptors (Lipinski definition) is 3. The molecule has 1 unspecified atom stereocenters. The summed E-state index contributed by atoms with van der Waals surface area (Å²) >= 11 is 0. The smallest absolute Gasteiger partial charge is 0.260 e. The number of aryl methyl sites for hydroxylation is 3. The molecule has 0 fully saturated rings. The SMILES string of the molecule is CCCOc1ccccc1CCCNC(=O)C(C)Oc1ccc(C)cc1C. The Bertz CT molecular complexity index is 742. The zero-order chi connectivity index (χ0) is 19.6. The van der Waals surface area contributed by atoms with E-state index in [0.29, 0.717) is 6.54 Å². The van der Waals surface area contributed by atoms with E-state index in [0.717, 1.165) is 42.9 Å². The summed E-state index contributed by atoms with van der Waals surface area (Å²) in [6, 6.07) is 14.1. The maximum Gasteiger partial charge on any atom is 0.260 e. The van der Waals surface area contributed by atoms with Gasteiger partial charge in [-0.3, -0.25) is 4.79 Å². The summed E-state index contributed by atoms with van der Waals surface area (Å²) < 4.78 is 11.6. The van der Waals surface area contributed by atoms with Crippen LogP contribution in [0.15, 0.2) is 42.5 Å². The predicted molar refractivity (Wildman–Crippen MR) is 110 cm³/mol. The molecule has 0 aliphatic heterocycles. The molecule has 1 N–H and O–H groups in total. The fourth-order valence-electron chi connectivity index (χ4n) is 2.87. The van der Waals surface area contributed by atoms with Gasteiger partial charge in [-0.15, -0.1) is 0 Å². The molecule has 2 rings (SSSR count). The lowest BCUT2D eigenvalue weighted by atomic mass is 10.1. The van der Waals surface area contributed by atoms with E-state index < -0.39 is 6.10 Å². The van der Waals surface area contributed by atoms with Crippen LogP contribution in [0.1, 0.15) is 43.4 Å². The second kappa shape index (κ2) is 10.6. The highest BCUT2D eigenvalue weighted by Crippen LogP contribution is 2.21. The van der Waals surface area contributed by atoms with Gasteiger partial charge < -0.3 is 14.8 Å². The molecule has 0 radical (unpaired) electrons. The number of hydrogen-bond donors (Lipinski definition) is 1. The van der Waals surface area contributed by atoms with Crippen LogP contribution in [-0.2, 0) is 11.2 Å². The predicted octanol–water partition coefficient (Wildman–Crippen LogP) is 4.61. The van der Waals surface area contributed by atoms with E-state index in [1.54, 1.807) is 6.92 Å². The first-order chi connectivity index (χ1) is 13.0. The van der Waals surface area contributed by atoms with Crippen LogP contribution in [0.2, 0.25) is 0 Å². The third-order valence-electron chi connectivity index (χ3n) is 4.36. The Balaban J connectivity index is 1.77. The normalized spacial score (nSPS) is 11.7. The Morgan fingerprint density at radius 3 is 2.63 bits per heavy atom. The minimum atomic E-state index is -0.522. The average Bonchev–Trinajstić information content (AvgIpc) is 2.66. The number of carbonyl (C=O) groups excluding carboxylic acids is 1.